The zero-order chi connectivity index (χ0) is 9.26. The number of aromatic nitrogens is 2. The average Bonchev–Trinajstić information content (AvgIpc) is 2.28. The second-order valence-corrected chi connectivity index (χ2v) is 2.60. The number of nitrogens with zero attached hydrogens (tertiary/aromatic N) is 2. The summed E-state index contributed by atoms with van der Waals surface area (Å²) < 4.78 is 0. The van der Waals surface area contributed by atoms with Gasteiger partial charge in [-0.2, -0.15) is 4.98 Å². The molecule has 0 aromatic heterocycles. The predicted molar refractivity (Wildman–Crippen MR) is 56.6 cm³/mol. The number of halogens is 1. The summed E-state index contributed by atoms with van der Waals surface area (Å²) in [5.41, 5.74) is 6.07. The molecule has 0 radical (unpaired) electrons. The van der Waals surface area contributed by atoms with Crippen molar-refractivity contribution < 1.29 is 0 Å². The highest BCUT2D eigenvalue weighted by atomic mass is 35.5. The number of anilines is 1. The molecule has 5 heteroatoms. The highest BCUT2D eigenvalue weighted by Crippen LogP contribution is 2.11. The molecule has 14 heavy (non-hydrogen) atoms. The first-order valence-corrected chi connectivity index (χ1v) is 3.80. The lowest BCUT2D eigenvalue weighted by Crippen LogP contribution is -2.13. The van der Waals surface area contributed by atoms with Crippen LogP contribution in [0.2, 0.25) is 0 Å². The maximum Gasteiger partial charge on any atom is 0.282 e. The van der Waals surface area contributed by atoms with Gasteiger partial charge >= 0.3 is 0 Å². The summed E-state index contributed by atoms with van der Waals surface area (Å²) in [6.45, 7) is 0. The molecule has 0 unspecified atom stereocenters. The van der Waals surface area contributed by atoms with E-state index in [2.05, 4.69) is 9.97 Å². The van der Waals surface area contributed by atoms with Gasteiger partial charge in [0.15, 0.2) is 0 Å². The van der Waals surface area contributed by atoms with Gasteiger partial charge in [-0.15, -0.1) is 12.4 Å². The first kappa shape index (κ1) is 10.4. The fourth-order valence-electron chi connectivity index (χ4n) is 1.13. The van der Waals surface area contributed by atoms with Crippen molar-refractivity contribution in [2.24, 2.45) is 0 Å². The van der Waals surface area contributed by atoms with E-state index in [1.54, 1.807) is 24.3 Å². The summed E-state index contributed by atoms with van der Waals surface area (Å²) in [5.74, 6) is 0.0173. The Morgan fingerprint density at radius 1 is 1.07 bits per heavy atom. The summed E-state index contributed by atoms with van der Waals surface area (Å²) in [6, 6.07) is 8.79. The lowest BCUT2D eigenvalue weighted by atomic mass is 10.2. The van der Waals surface area contributed by atoms with Gasteiger partial charge in [-0.1, -0.05) is 18.2 Å². The Morgan fingerprint density at radius 2 is 1.79 bits per heavy atom. The van der Waals surface area contributed by atoms with E-state index in [0.29, 0.717) is 11.3 Å². The lowest BCUT2D eigenvalue weighted by Gasteiger charge is -1.97. The van der Waals surface area contributed by atoms with Crippen molar-refractivity contribution in [2.75, 3.05) is 5.73 Å². The van der Waals surface area contributed by atoms with E-state index in [4.69, 9.17) is 5.73 Å². The molecule has 72 valence electrons. The van der Waals surface area contributed by atoms with E-state index < -0.39 is 0 Å². The minimum Gasteiger partial charge on any atom is -0.368 e. The van der Waals surface area contributed by atoms with Gasteiger partial charge in [-0.3, -0.25) is 4.79 Å². The molecule has 0 bridgehead atoms. The van der Waals surface area contributed by atoms with Gasteiger partial charge < -0.3 is 5.73 Å². The monoisotopic (exact) mass is 209 g/mol. The van der Waals surface area contributed by atoms with Crippen LogP contribution in [0.1, 0.15) is 0 Å². The molecule has 0 saturated heterocycles. The average molecular weight is 210 g/mol. The van der Waals surface area contributed by atoms with Crippen LogP contribution < -0.4 is 11.3 Å². The zero-order valence-corrected chi connectivity index (χ0v) is 7.99. The van der Waals surface area contributed by atoms with Crippen molar-refractivity contribution in [3.63, 3.8) is 0 Å². The van der Waals surface area contributed by atoms with E-state index in [1.165, 1.54) is 0 Å². The fraction of sp³-hybridized carbons (Fsp3) is 0. The highest BCUT2D eigenvalue weighted by Gasteiger charge is 2.06. The summed E-state index contributed by atoms with van der Waals surface area (Å²) in [7, 11) is 0. The first-order valence-electron chi connectivity index (χ1n) is 3.80. The minimum absolute atomic E-state index is 0. The van der Waals surface area contributed by atoms with Crippen molar-refractivity contribution in [2.45, 2.75) is 0 Å². The van der Waals surface area contributed by atoms with Crippen molar-refractivity contribution >= 4 is 18.4 Å². The molecule has 0 amide bonds. The number of nitrogen functional groups attached to an aromatic ring is 1. The smallest absolute Gasteiger partial charge is 0.282 e. The van der Waals surface area contributed by atoms with Crippen LogP contribution in [0.3, 0.4) is 0 Å². The van der Waals surface area contributed by atoms with E-state index in [-0.39, 0.29) is 23.9 Å². The second-order valence-electron chi connectivity index (χ2n) is 2.60. The number of nitrogens with two attached hydrogens (primary N) is 1. The standard InChI is InChI=1S/C9H7N3O.ClH/c10-9-11-7-5-3-1-2-4-6(7)8(13)12-9;/h1-5H,(H2,10,12,13);1H. The van der Waals surface area contributed by atoms with E-state index in [1.807, 2.05) is 6.07 Å². The van der Waals surface area contributed by atoms with Crippen LogP contribution in [0.5, 0.6) is 0 Å². The Morgan fingerprint density at radius 3 is 2.57 bits per heavy atom. The Balaban J connectivity index is 0.000000980. The van der Waals surface area contributed by atoms with Crippen LogP contribution >= 0.6 is 12.4 Å². The molecule has 0 saturated carbocycles. The molecular formula is C9H8ClN3O. The van der Waals surface area contributed by atoms with Crippen molar-refractivity contribution in [3.05, 3.63) is 40.7 Å². The molecule has 0 spiro atoms. The van der Waals surface area contributed by atoms with E-state index in [0.717, 1.165) is 0 Å². The Kier molecular flexibility index (Phi) is 2.99. The Hall–Kier alpha value is -1.68. The SMILES string of the molecule is Cl.Nc1nc2cccccc-2c(=O)n1. The van der Waals surface area contributed by atoms with Gasteiger partial charge in [0.1, 0.15) is 0 Å². The maximum atomic E-state index is 11.3. The number of fused-ring (bicyclic) bond motifs is 1. The molecule has 2 aliphatic rings. The van der Waals surface area contributed by atoms with Gasteiger partial charge in [0.05, 0.1) is 11.3 Å². The molecule has 1 aliphatic carbocycles. The minimum atomic E-state index is -0.335. The Bertz CT molecular complexity index is 475. The normalized spacial score (nSPS) is 9.43. The topological polar surface area (TPSA) is 68.9 Å². The third-order valence-electron chi connectivity index (χ3n) is 1.70. The van der Waals surface area contributed by atoms with Crippen molar-refractivity contribution in [3.8, 4) is 11.3 Å². The largest absolute Gasteiger partial charge is 0.368 e. The van der Waals surface area contributed by atoms with Crippen LogP contribution in [0.4, 0.5) is 5.95 Å². The molecular weight excluding hydrogens is 202 g/mol. The highest BCUT2D eigenvalue weighted by molar-refractivity contribution is 5.85. The molecule has 0 aromatic carbocycles. The molecule has 0 fully saturated rings. The van der Waals surface area contributed by atoms with Gasteiger partial charge in [0, 0.05) is 0 Å². The predicted octanol–water partition coefficient (Wildman–Crippen LogP) is 0.946. The number of hydrogen-bond acceptors (Lipinski definition) is 4. The maximum absolute atomic E-state index is 11.3. The molecule has 0 aromatic rings. The zero-order valence-electron chi connectivity index (χ0n) is 7.18. The fourth-order valence-corrected chi connectivity index (χ4v) is 1.13. The molecule has 1 aliphatic heterocycles. The van der Waals surface area contributed by atoms with Crippen LogP contribution in [0.25, 0.3) is 11.3 Å². The third-order valence-corrected chi connectivity index (χ3v) is 1.70. The van der Waals surface area contributed by atoms with Gasteiger partial charge in [0.2, 0.25) is 5.95 Å². The molecule has 2 N–H and O–H groups in total. The van der Waals surface area contributed by atoms with Crippen LogP contribution in [-0.4, -0.2) is 9.97 Å². The summed E-state index contributed by atoms with van der Waals surface area (Å²) in [5, 5.41) is 0. The van der Waals surface area contributed by atoms with Crippen molar-refractivity contribution in [1.29, 1.82) is 0 Å². The van der Waals surface area contributed by atoms with Crippen molar-refractivity contribution in [1.82, 2.24) is 9.97 Å². The Labute approximate surface area is 86.6 Å². The summed E-state index contributed by atoms with van der Waals surface area (Å²) in [4.78, 5) is 18.8. The number of rotatable bonds is 0. The van der Waals surface area contributed by atoms with Crippen LogP contribution in [-0.2, 0) is 0 Å². The van der Waals surface area contributed by atoms with Gasteiger partial charge in [-0.05, 0) is 12.1 Å². The molecule has 1 heterocycles. The first-order chi connectivity index (χ1) is 6.27. The van der Waals surface area contributed by atoms with Gasteiger partial charge in [-0.25, -0.2) is 4.98 Å². The summed E-state index contributed by atoms with van der Waals surface area (Å²) >= 11 is 0. The number of hydrogen-bond donors (Lipinski definition) is 1. The van der Waals surface area contributed by atoms with E-state index in [9.17, 15) is 4.79 Å². The van der Waals surface area contributed by atoms with Gasteiger partial charge in [0.25, 0.3) is 5.56 Å². The van der Waals surface area contributed by atoms with Crippen LogP contribution in [0.15, 0.2) is 35.1 Å². The van der Waals surface area contributed by atoms with Crippen LogP contribution in [0, 0.1) is 0 Å². The second kappa shape index (κ2) is 4.02. The molecule has 4 nitrogen and oxygen atoms in total. The third kappa shape index (κ3) is 1.80. The lowest BCUT2D eigenvalue weighted by molar-refractivity contribution is 1.14. The molecule has 2 rings (SSSR count). The summed E-state index contributed by atoms with van der Waals surface area (Å²) in [6.07, 6.45) is 0. The quantitative estimate of drug-likeness (QED) is 0.701. The van der Waals surface area contributed by atoms with E-state index >= 15 is 0 Å². The molecule has 0 atom stereocenters.